The summed E-state index contributed by atoms with van der Waals surface area (Å²) in [5.41, 5.74) is 2.53. The summed E-state index contributed by atoms with van der Waals surface area (Å²) < 4.78 is 10.4. The van der Waals surface area contributed by atoms with Crippen molar-refractivity contribution in [3.63, 3.8) is 0 Å². The first-order valence-corrected chi connectivity index (χ1v) is 9.63. The number of nitrogens with one attached hydrogen (secondary N) is 1. The molecule has 0 unspecified atom stereocenters. The predicted molar refractivity (Wildman–Crippen MR) is 110 cm³/mol. The zero-order valence-corrected chi connectivity index (χ0v) is 16.4. The van der Waals surface area contributed by atoms with E-state index in [4.69, 9.17) is 9.47 Å². The lowest BCUT2D eigenvalue weighted by Gasteiger charge is -2.31. The number of hydrogen-bond acceptors (Lipinski definition) is 6. The van der Waals surface area contributed by atoms with E-state index in [1.54, 1.807) is 0 Å². The van der Waals surface area contributed by atoms with E-state index in [1.807, 2.05) is 0 Å². The molecule has 0 saturated heterocycles. The number of carbonyl (C=O) groups is 1. The number of nitro benzene ring substituents is 1. The molecule has 29 heavy (non-hydrogen) atoms. The van der Waals surface area contributed by atoms with Crippen LogP contribution in [-0.2, 0) is 11.2 Å². The fraction of sp³-hybridized carbons (Fsp3) is 0.381. The Labute approximate surface area is 169 Å². The van der Waals surface area contributed by atoms with Gasteiger partial charge in [-0.2, -0.15) is 0 Å². The summed E-state index contributed by atoms with van der Waals surface area (Å²) in [6.45, 7) is 2.33. The molecule has 0 aromatic heterocycles. The third-order valence-electron chi connectivity index (χ3n) is 4.85. The van der Waals surface area contributed by atoms with Crippen molar-refractivity contribution in [3.05, 3.63) is 58.1 Å². The molecule has 0 bridgehead atoms. The highest BCUT2D eigenvalue weighted by atomic mass is 16.6. The Morgan fingerprint density at radius 2 is 2.10 bits per heavy atom. The Bertz CT molecular complexity index is 871. The normalized spacial score (nSPS) is 12.8. The standard InChI is InChI=1S/C21H25N3O5/c1-28-20-14-17(9-10-19(20)24(26)27)29-15-21(25)22-11-5-13-23-12-4-7-16-6-2-3-8-18(16)23/h2-3,6,8-10,14H,4-5,7,11-13,15H2,1H3,(H,22,25). The largest absolute Gasteiger partial charge is 0.490 e. The molecule has 2 aromatic rings. The monoisotopic (exact) mass is 399 g/mol. The molecule has 1 aliphatic rings. The van der Waals surface area contributed by atoms with Gasteiger partial charge in [0.25, 0.3) is 5.91 Å². The molecule has 1 heterocycles. The number of para-hydroxylation sites is 1. The number of fused-ring (bicyclic) bond motifs is 1. The van der Waals surface area contributed by atoms with Crippen molar-refractivity contribution in [2.75, 3.05) is 38.3 Å². The number of aryl methyl sites for hydroxylation is 1. The smallest absolute Gasteiger partial charge is 0.311 e. The van der Waals surface area contributed by atoms with Gasteiger partial charge in [-0.05, 0) is 37.0 Å². The van der Waals surface area contributed by atoms with Gasteiger partial charge in [-0.3, -0.25) is 14.9 Å². The number of benzene rings is 2. The molecule has 0 radical (unpaired) electrons. The molecule has 0 aliphatic carbocycles. The van der Waals surface area contributed by atoms with Crippen LogP contribution in [0.25, 0.3) is 0 Å². The number of ether oxygens (including phenoxy) is 2. The Morgan fingerprint density at radius 1 is 1.28 bits per heavy atom. The van der Waals surface area contributed by atoms with Gasteiger partial charge in [-0.25, -0.2) is 0 Å². The average Bonchev–Trinajstić information content (AvgIpc) is 2.75. The molecule has 8 heteroatoms. The van der Waals surface area contributed by atoms with Crippen molar-refractivity contribution >= 4 is 17.3 Å². The molecule has 154 valence electrons. The van der Waals surface area contributed by atoms with Crippen LogP contribution in [0.3, 0.4) is 0 Å². The molecule has 1 aliphatic heterocycles. The lowest BCUT2D eigenvalue weighted by Crippen LogP contribution is -2.34. The highest BCUT2D eigenvalue weighted by Gasteiger charge is 2.17. The van der Waals surface area contributed by atoms with Crippen LogP contribution in [0.1, 0.15) is 18.4 Å². The van der Waals surface area contributed by atoms with E-state index in [0.717, 1.165) is 32.4 Å². The third kappa shape index (κ3) is 5.37. The molecular formula is C21H25N3O5. The summed E-state index contributed by atoms with van der Waals surface area (Å²) >= 11 is 0. The number of nitro groups is 1. The predicted octanol–water partition coefficient (Wildman–Crippen LogP) is 2.94. The van der Waals surface area contributed by atoms with Crippen LogP contribution in [0, 0.1) is 10.1 Å². The van der Waals surface area contributed by atoms with Crippen LogP contribution < -0.4 is 19.7 Å². The fourth-order valence-electron chi connectivity index (χ4n) is 3.44. The summed E-state index contributed by atoms with van der Waals surface area (Å²) in [5, 5.41) is 13.7. The fourth-order valence-corrected chi connectivity index (χ4v) is 3.44. The maximum Gasteiger partial charge on any atom is 0.311 e. The van der Waals surface area contributed by atoms with Crippen molar-refractivity contribution in [1.82, 2.24) is 5.32 Å². The van der Waals surface area contributed by atoms with E-state index in [0.29, 0.717) is 12.3 Å². The van der Waals surface area contributed by atoms with E-state index in [2.05, 4.69) is 34.5 Å². The number of anilines is 1. The minimum atomic E-state index is -0.532. The van der Waals surface area contributed by atoms with Crippen LogP contribution in [0.4, 0.5) is 11.4 Å². The number of nitrogens with zero attached hydrogens (tertiary/aromatic N) is 2. The summed E-state index contributed by atoms with van der Waals surface area (Å²) in [5.74, 6) is 0.198. The van der Waals surface area contributed by atoms with Crippen LogP contribution in [0.2, 0.25) is 0 Å². The van der Waals surface area contributed by atoms with Gasteiger partial charge in [0.15, 0.2) is 6.61 Å². The zero-order chi connectivity index (χ0) is 20.6. The van der Waals surface area contributed by atoms with Gasteiger partial charge in [0.2, 0.25) is 5.75 Å². The molecule has 3 rings (SSSR count). The first kappa shape index (κ1) is 20.4. The second-order valence-electron chi connectivity index (χ2n) is 6.80. The first-order valence-electron chi connectivity index (χ1n) is 9.63. The molecule has 0 atom stereocenters. The zero-order valence-electron chi connectivity index (χ0n) is 16.4. The summed E-state index contributed by atoms with van der Waals surface area (Å²) in [6, 6.07) is 12.6. The molecule has 1 amide bonds. The van der Waals surface area contributed by atoms with Gasteiger partial charge in [0.05, 0.1) is 12.0 Å². The molecule has 0 saturated carbocycles. The van der Waals surface area contributed by atoms with Crippen LogP contribution >= 0.6 is 0 Å². The van der Waals surface area contributed by atoms with Crippen LogP contribution in [-0.4, -0.2) is 44.2 Å². The molecular weight excluding hydrogens is 374 g/mol. The van der Waals surface area contributed by atoms with Gasteiger partial charge in [-0.1, -0.05) is 18.2 Å². The topological polar surface area (TPSA) is 93.9 Å². The van der Waals surface area contributed by atoms with Crippen molar-refractivity contribution in [2.24, 2.45) is 0 Å². The summed E-state index contributed by atoms with van der Waals surface area (Å²) in [7, 11) is 1.35. The molecule has 1 N–H and O–H groups in total. The molecule has 0 spiro atoms. The van der Waals surface area contributed by atoms with Crippen molar-refractivity contribution < 1.29 is 19.2 Å². The van der Waals surface area contributed by atoms with Crippen LogP contribution in [0.15, 0.2) is 42.5 Å². The highest BCUT2D eigenvalue weighted by Crippen LogP contribution is 2.30. The lowest BCUT2D eigenvalue weighted by molar-refractivity contribution is -0.385. The van der Waals surface area contributed by atoms with E-state index in [1.165, 1.54) is 36.6 Å². The number of amides is 1. The number of carbonyl (C=O) groups excluding carboxylic acids is 1. The lowest BCUT2D eigenvalue weighted by atomic mass is 10.0. The van der Waals surface area contributed by atoms with Gasteiger partial charge < -0.3 is 19.7 Å². The Hall–Kier alpha value is -3.29. The molecule has 8 nitrogen and oxygen atoms in total. The molecule has 2 aromatic carbocycles. The maximum atomic E-state index is 12.0. The summed E-state index contributed by atoms with van der Waals surface area (Å²) in [4.78, 5) is 24.7. The van der Waals surface area contributed by atoms with Gasteiger partial charge >= 0.3 is 5.69 Å². The highest BCUT2D eigenvalue weighted by molar-refractivity contribution is 5.77. The van der Waals surface area contributed by atoms with E-state index >= 15 is 0 Å². The van der Waals surface area contributed by atoms with Gasteiger partial charge in [0, 0.05) is 37.5 Å². The second kappa shape index (κ2) is 9.77. The van der Waals surface area contributed by atoms with Gasteiger partial charge in [0.1, 0.15) is 5.75 Å². The van der Waals surface area contributed by atoms with Crippen molar-refractivity contribution in [2.45, 2.75) is 19.3 Å². The second-order valence-corrected chi connectivity index (χ2v) is 6.80. The Kier molecular flexibility index (Phi) is 6.89. The van der Waals surface area contributed by atoms with E-state index < -0.39 is 4.92 Å². The average molecular weight is 399 g/mol. The quantitative estimate of drug-likeness (QED) is 0.396. The van der Waals surface area contributed by atoms with Crippen LogP contribution in [0.5, 0.6) is 11.5 Å². The SMILES string of the molecule is COc1cc(OCC(=O)NCCCN2CCCc3ccccc32)ccc1[N+](=O)[O-]. The van der Waals surface area contributed by atoms with E-state index in [9.17, 15) is 14.9 Å². The van der Waals surface area contributed by atoms with Crippen molar-refractivity contribution in [1.29, 1.82) is 0 Å². The van der Waals surface area contributed by atoms with Crippen molar-refractivity contribution in [3.8, 4) is 11.5 Å². The Balaban J connectivity index is 1.40. The molecule has 0 fully saturated rings. The minimum Gasteiger partial charge on any atom is -0.490 e. The minimum absolute atomic E-state index is 0.0923. The van der Waals surface area contributed by atoms with Gasteiger partial charge in [-0.15, -0.1) is 0 Å². The third-order valence-corrected chi connectivity index (χ3v) is 4.85. The maximum absolute atomic E-state index is 12.0. The number of rotatable bonds is 9. The number of methoxy groups -OCH3 is 1. The van der Waals surface area contributed by atoms with E-state index in [-0.39, 0.29) is 24.0 Å². The Morgan fingerprint density at radius 3 is 2.90 bits per heavy atom. The number of hydrogen-bond donors (Lipinski definition) is 1. The summed E-state index contributed by atoms with van der Waals surface area (Å²) in [6.07, 6.45) is 3.11. The first-order chi connectivity index (χ1) is 14.1.